The van der Waals surface area contributed by atoms with Gasteiger partial charge in [0.25, 0.3) is 0 Å². The third-order valence-electron chi connectivity index (χ3n) is 3.96. The third kappa shape index (κ3) is 3.05. The van der Waals surface area contributed by atoms with Gasteiger partial charge < -0.3 is 9.72 Å². The summed E-state index contributed by atoms with van der Waals surface area (Å²) in [7, 11) is -1.05. The van der Waals surface area contributed by atoms with Crippen LogP contribution in [0.1, 0.15) is 13.8 Å². The first-order chi connectivity index (χ1) is 10.1. The number of fused-ring (bicyclic) bond motifs is 1. The molecule has 21 heavy (non-hydrogen) atoms. The number of aromatic nitrogens is 1. The SMILES string of the molecule is CC(C)(CN1CCOCC1)S(=O)c1c[nH]c2ccccc12. The fourth-order valence-electron chi connectivity index (χ4n) is 2.85. The zero-order chi connectivity index (χ0) is 14.9. The molecule has 2 aromatic rings. The van der Waals surface area contributed by atoms with E-state index in [9.17, 15) is 4.21 Å². The molecule has 1 aromatic heterocycles. The molecule has 0 aliphatic carbocycles. The molecule has 4 nitrogen and oxygen atoms in total. The maximum Gasteiger partial charge on any atom is 0.0647 e. The Morgan fingerprint density at radius 1 is 1.29 bits per heavy atom. The van der Waals surface area contributed by atoms with Crippen LogP contribution in [-0.2, 0) is 15.5 Å². The summed E-state index contributed by atoms with van der Waals surface area (Å²) in [4.78, 5) is 6.47. The Balaban J connectivity index is 1.82. The van der Waals surface area contributed by atoms with Gasteiger partial charge in [-0.05, 0) is 19.9 Å². The van der Waals surface area contributed by atoms with E-state index in [1.807, 2.05) is 30.5 Å². The Hall–Kier alpha value is -1.17. The number of benzene rings is 1. The number of rotatable bonds is 4. The van der Waals surface area contributed by atoms with Gasteiger partial charge in [-0.2, -0.15) is 0 Å². The van der Waals surface area contributed by atoms with E-state index in [4.69, 9.17) is 4.74 Å². The first-order valence-corrected chi connectivity index (χ1v) is 8.51. The van der Waals surface area contributed by atoms with Gasteiger partial charge in [0, 0.05) is 36.7 Å². The average molecular weight is 306 g/mol. The van der Waals surface area contributed by atoms with Gasteiger partial charge in [-0.15, -0.1) is 0 Å². The Morgan fingerprint density at radius 3 is 2.76 bits per heavy atom. The van der Waals surface area contributed by atoms with E-state index in [0.717, 1.165) is 48.6 Å². The number of hydrogen-bond donors (Lipinski definition) is 1. The number of para-hydroxylation sites is 1. The Kier molecular flexibility index (Phi) is 4.15. The maximum atomic E-state index is 13.0. The highest BCUT2D eigenvalue weighted by Gasteiger charge is 2.31. The van der Waals surface area contributed by atoms with Crippen molar-refractivity contribution < 1.29 is 8.95 Å². The molecule has 1 saturated heterocycles. The molecule has 1 N–H and O–H groups in total. The molecular formula is C16H22N2O2S. The molecule has 1 unspecified atom stereocenters. The van der Waals surface area contributed by atoms with Gasteiger partial charge >= 0.3 is 0 Å². The molecule has 5 heteroatoms. The quantitative estimate of drug-likeness (QED) is 0.943. The van der Waals surface area contributed by atoms with E-state index in [2.05, 4.69) is 23.7 Å². The summed E-state index contributed by atoms with van der Waals surface area (Å²) in [5.41, 5.74) is 1.04. The summed E-state index contributed by atoms with van der Waals surface area (Å²) >= 11 is 0. The molecule has 1 aliphatic heterocycles. The maximum absolute atomic E-state index is 13.0. The second-order valence-corrected chi connectivity index (χ2v) is 8.20. The average Bonchev–Trinajstić information content (AvgIpc) is 2.91. The van der Waals surface area contributed by atoms with Crippen molar-refractivity contribution in [1.82, 2.24) is 9.88 Å². The van der Waals surface area contributed by atoms with Gasteiger partial charge in [-0.25, -0.2) is 0 Å². The largest absolute Gasteiger partial charge is 0.379 e. The molecule has 0 spiro atoms. The monoisotopic (exact) mass is 306 g/mol. The van der Waals surface area contributed by atoms with Gasteiger partial charge in [-0.1, -0.05) is 18.2 Å². The van der Waals surface area contributed by atoms with E-state index in [1.165, 1.54) is 0 Å². The first-order valence-electron chi connectivity index (χ1n) is 7.36. The number of hydrogen-bond acceptors (Lipinski definition) is 3. The summed E-state index contributed by atoms with van der Waals surface area (Å²) in [6.45, 7) is 8.39. The predicted octanol–water partition coefficient (Wildman–Crippen LogP) is 2.39. The van der Waals surface area contributed by atoms with Crippen molar-refractivity contribution in [2.75, 3.05) is 32.8 Å². The van der Waals surface area contributed by atoms with Crippen LogP contribution in [0.5, 0.6) is 0 Å². The smallest absolute Gasteiger partial charge is 0.0647 e. The highest BCUT2D eigenvalue weighted by Crippen LogP contribution is 2.28. The van der Waals surface area contributed by atoms with Crippen molar-refractivity contribution in [1.29, 1.82) is 0 Å². The number of aromatic amines is 1. The zero-order valence-electron chi connectivity index (χ0n) is 12.6. The van der Waals surface area contributed by atoms with Gasteiger partial charge in [0.15, 0.2) is 0 Å². The summed E-state index contributed by atoms with van der Waals surface area (Å²) in [5.74, 6) is 0. The fraction of sp³-hybridized carbons (Fsp3) is 0.500. The number of morpholine rings is 1. The van der Waals surface area contributed by atoms with Crippen molar-refractivity contribution >= 4 is 21.7 Å². The third-order valence-corrected chi connectivity index (χ3v) is 5.83. The minimum Gasteiger partial charge on any atom is -0.379 e. The number of ether oxygens (including phenoxy) is 1. The van der Waals surface area contributed by atoms with Gasteiger partial charge in [0.1, 0.15) is 0 Å². The zero-order valence-corrected chi connectivity index (χ0v) is 13.4. The van der Waals surface area contributed by atoms with Crippen molar-refractivity contribution in [3.8, 4) is 0 Å². The van der Waals surface area contributed by atoms with Crippen LogP contribution in [0.4, 0.5) is 0 Å². The number of H-pyrrole nitrogens is 1. The van der Waals surface area contributed by atoms with Gasteiger partial charge in [0.2, 0.25) is 0 Å². The van der Waals surface area contributed by atoms with E-state index in [0.29, 0.717) is 0 Å². The Bertz CT molecular complexity index is 645. The highest BCUT2D eigenvalue weighted by molar-refractivity contribution is 7.86. The second-order valence-electron chi connectivity index (χ2n) is 6.12. The van der Waals surface area contributed by atoms with Crippen LogP contribution >= 0.6 is 0 Å². The lowest BCUT2D eigenvalue weighted by Crippen LogP contribution is -2.46. The summed E-state index contributed by atoms with van der Waals surface area (Å²) < 4.78 is 18.1. The minimum absolute atomic E-state index is 0.289. The normalized spacial score (nSPS) is 19.0. The molecular weight excluding hydrogens is 284 g/mol. The molecule has 0 amide bonds. The molecule has 2 heterocycles. The number of nitrogens with zero attached hydrogens (tertiary/aromatic N) is 1. The topological polar surface area (TPSA) is 45.3 Å². The molecule has 0 saturated carbocycles. The summed E-state index contributed by atoms with van der Waals surface area (Å²) in [5, 5.41) is 1.06. The first kappa shape index (κ1) is 14.8. The lowest BCUT2D eigenvalue weighted by molar-refractivity contribution is 0.0347. The molecule has 3 rings (SSSR count). The van der Waals surface area contributed by atoms with Crippen molar-refractivity contribution in [2.24, 2.45) is 0 Å². The van der Waals surface area contributed by atoms with Crippen molar-refractivity contribution in [2.45, 2.75) is 23.5 Å². The minimum atomic E-state index is -1.05. The Labute approximate surface area is 127 Å². The van der Waals surface area contributed by atoms with Crippen LogP contribution in [0.15, 0.2) is 35.4 Å². The molecule has 1 aliphatic rings. The van der Waals surface area contributed by atoms with Crippen LogP contribution in [0, 0.1) is 0 Å². The van der Waals surface area contributed by atoms with Crippen LogP contribution in [-0.4, -0.2) is 51.7 Å². The fourth-order valence-corrected chi connectivity index (χ4v) is 4.29. The highest BCUT2D eigenvalue weighted by atomic mass is 32.2. The molecule has 1 fully saturated rings. The summed E-state index contributed by atoms with van der Waals surface area (Å²) in [6, 6.07) is 8.03. The van der Waals surface area contributed by atoms with Crippen LogP contribution in [0.25, 0.3) is 10.9 Å². The second kappa shape index (κ2) is 5.91. The molecule has 0 bridgehead atoms. The van der Waals surface area contributed by atoms with E-state index < -0.39 is 10.8 Å². The van der Waals surface area contributed by atoms with E-state index in [1.54, 1.807) is 0 Å². The Morgan fingerprint density at radius 2 is 2.00 bits per heavy atom. The van der Waals surface area contributed by atoms with Crippen molar-refractivity contribution in [3.05, 3.63) is 30.5 Å². The summed E-state index contributed by atoms with van der Waals surface area (Å²) in [6.07, 6.45) is 1.89. The lowest BCUT2D eigenvalue weighted by Gasteiger charge is -2.34. The van der Waals surface area contributed by atoms with Gasteiger partial charge in [-0.3, -0.25) is 9.11 Å². The van der Waals surface area contributed by atoms with E-state index in [-0.39, 0.29) is 4.75 Å². The lowest BCUT2D eigenvalue weighted by atomic mass is 10.2. The number of nitrogens with one attached hydrogen (secondary N) is 1. The van der Waals surface area contributed by atoms with Gasteiger partial charge in [0.05, 0.1) is 33.7 Å². The molecule has 1 atom stereocenters. The standard InChI is InChI=1S/C16H22N2O2S/c1-16(2,12-18-7-9-20-10-8-18)21(19)15-11-17-14-6-4-3-5-13(14)15/h3-6,11,17H,7-10,12H2,1-2H3. The van der Waals surface area contributed by atoms with Crippen molar-refractivity contribution in [3.63, 3.8) is 0 Å². The molecule has 1 aromatic carbocycles. The van der Waals surface area contributed by atoms with Crippen LogP contribution in [0.3, 0.4) is 0 Å². The van der Waals surface area contributed by atoms with Crippen LogP contribution in [0.2, 0.25) is 0 Å². The molecule has 114 valence electrons. The molecule has 0 radical (unpaired) electrons. The predicted molar refractivity (Wildman–Crippen MR) is 86.0 cm³/mol. The van der Waals surface area contributed by atoms with E-state index >= 15 is 0 Å². The van der Waals surface area contributed by atoms with Crippen LogP contribution < -0.4 is 0 Å².